The Balaban J connectivity index is 1.04. The summed E-state index contributed by atoms with van der Waals surface area (Å²) in [5, 5.41) is 7.56. The largest absolute Gasteiger partial charge is 0.351 e. The lowest BCUT2D eigenvalue weighted by Crippen LogP contribution is -2.49. The van der Waals surface area contributed by atoms with E-state index in [0.29, 0.717) is 18.8 Å². The number of aromatic amines is 1. The van der Waals surface area contributed by atoms with E-state index >= 15 is 0 Å². The van der Waals surface area contributed by atoms with Gasteiger partial charge in [0.15, 0.2) is 5.79 Å². The van der Waals surface area contributed by atoms with E-state index in [9.17, 15) is 23.2 Å². The summed E-state index contributed by atoms with van der Waals surface area (Å²) >= 11 is 1.49. The van der Waals surface area contributed by atoms with Crippen LogP contribution in [-0.2, 0) is 25.0 Å². The minimum Gasteiger partial charge on any atom is -0.351 e. The Hall–Kier alpha value is -4.46. The molecular weight excluding hydrogens is 604 g/mol. The molecule has 2 saturated heterocycles. The average molecular weight is 634 g/mol. The number of nitrogens with zero attached hydrogens (tertiary/aromatic N) is 2. The molecule has 3 aliphatic rings. The van der Waals surface area contributed by atoms with Crippen molar-refractivity contribution in [1.82, 2.24) is 25.5 Å². The third-order valence-electron chi connectivity index (χ3n) is 8.50. The first-order valence-corrected chi connectivity index (χ1v) is 15.4. The fourth-order valence-electron chi connectivity index (χ4n) is 6.23. The van der Waals surface area contributed by atoms with E-state index in [1.807, 2.05) is 18.4 Å². The maximum atomic E-state index is 14.9. The van der Waals surface area contributed by atoms with Crippen molar-refractivity contribution in [1.29, 1.82) is 0 Å². The molecule has 2 aliphatic heterocycles. The standard InChI is InChI=1S/C32H29F2N5O5S/c1-18(27-11-20(15-45-27)25-13-35-17-37-25)38-30(42)26-12-31(43-8-9-44-31)16-39(26)28(40)14-36-29(41)19-6-7-24-22(10-19)21-4-2-3-5-23(21)32(24,33)34/h2-7,10-11,13,15,17-18,26H,8-9,12,14,16H2,1H3,(H,35,37)(H,36,41)(H,38,42)/t18-,26?/m1/s1. The van der Waals surface area contributed by atoms with Crippen LogP contribution in [0.5, 0.6) is 0 Å². The fraction of sp³-hybridized carbons (Fsp3) is 0.312. The van der Waals surface area contributed by atoms with E-state index in [4.69, 9.17) is 9.47 Å². The summed E-state index contributed by atoms with van der Waals surface area (Å²) in [4.78, 5) is 49.6. The number of alkyl halides is 2. The second kappa shape index (κ2) is 11.2. The van der Waals surface area contributed by atoms with Crippen molar-refractivity contribution in [2.24, 2.45) is 0 Å². The van der Waals surface area contributed by atoms with Crippen LogP contribution in [-0.4, -0.2) is 70.7 Å². The van der Waals surface area contributed by atoms with Crippen LogP contribution in [0, 0.1) is 0 Å². The number of nitrogens with one attached hydrogen (secondary N) is 3. The van der Waals surface area contributed by atoms with Crippen molar-refractivity contribution >= 4 is 29.1 Å². The molecular formula is C32H29F2N5O5S. The summed E-state index contributed by atoms with van der Waals surface area (Å²) in [6.45, 7) is 2.17. The van der Waals surface area contributed by atoms with Crippen molar-refractivity contribution < 1.29 is 32.6 Å². The first-order valence-electron chi connectivity index (χ1n) is 14.5. The predicted molar refractivity (Wildman–Crippen MR) is 160 cm³/mol. The van der Waals surface area contributed by atoms with Crippen LogP contribution in [0.25, 0.3) is 22.4 Å². The lowest BCUT2D eigenvalue weighted by molar-refractivity contribution is -0.152. The second-order valence-electron chi connectivity index (χ2n) is 11.3. The summed E-state index contributed by atoms with van der Waals surface area (Å²) in [6, 6.07) is 10.9. The van der Waals surface area contributed by atoms with Crippen LogP contribution in [0.4, 0.5) is 8.78 Å². The molecule has 45 heavy (non-hydrogen) atoms. The highest BCUT2D eigenvalue weighted by Gasteiger charge is 2.52. The number of hydrogen-bond donors (Lipinski definition) is 3. The van der Waals surface area contributed by atoms with Gasteiger partial charge in [-0.05, 0) is 36.2 Å². The number of hydrogen-bond acceptors (Lipinski definition) is 7. The molecule has 13 heteroatoms. The van der Waals surface area contributed by atoms with Gasteiger partial charge in [0.25, 0.3) is 11.8 Å². The number of ether oxygens (including phenoxy) is 2. The monoisotopic (exact) mass is 633 g/mol. The van der Waals surface area contributed by atoms with Crippen LogP contribution in [0.15, 0.2) is 66.4 Å². The molecule has 10 nitrogen and oxygen atoms in total. The van der Waals surface area contributed by atoms with Gasteiger partial charge in [-0.3, -0.25) is 14.4 Å². The molecule has 7 rings (SSSR count). The van der Waals surface area contributed by atoms with Crippen LogP contribution >= 0.6 is 11.3 Å². The SMILES string of the molecule is C[C@@H](NC(=O)C1CC2(CN1C(=O)CNC(=O)c1ccc3c(c1)-c1ccccc1C3(F)F)OCCO2)c1cc(-c2c[nH]cn2)cs1. The molecule has 2 aromatic carbocycles. The highest BCUT2D eigenvalue weighted by molar-refractivity contribution is 7.10. The fourth-order valence-corrected chi connectivity index (χ4v) is 7.14. The predicted octanol–water partition coefficient (Wildman–Crippen LogP) is 4.21. The molecule has 3 amide bonds. The molecule has 2 atom stereocenters. The molecule has 1 aliphatic carbocycles. The van der Waals surface area contributed by atoms with Gasteiger partial charge in [-0.2, -0.15) is 8.78 Å². The van der Waals surface area contributed by atoms with Gasteiger partial charge >= 0.3 is 0 Å². The van der Waals surface area contributed by atoms with Gasteiger partial charge in [-0.1, -0.05) is 30.3 Å². The maximum absolute atomic E-state index is 14.9. The van der Waals surface area contributed by atoms with Gasteiger partial charge in [-0.25, -0.2) is 4.98 Å². The first kappa shape index (κ1) is 29.3. The first-order chi connectivity index (χ1) is 21.6. The summed E-state index contributed by atoms with van der Waals surface area (Å²) in [5.41, 5.74) is 2.23. The molecule has 1 unspecified atom stereocenters. The van der Waals surface area contributed by atoms with E-state index in [0.717, 1.165) is 16.1 Å². The van der Waals surface area contributed by atoms with Crippen LogP contribution in [0.1, 0.15) is 45.7 Å². The van der Waals surface area contributed by atoms with E-state index in [2.05, 4.69) is 20.6 Å². The minimum atomic E-state index is -3.16. The summed E-state index contributed by atoms with van der Waals surface area (Å²) in [7, 11) is 0. The summed E-state index contributed by atoms with van der Waals surface area (Å²) in [5.74, 6) is -5.72. The molecule has 4 aromatic rings. The minimum absolute atomic E-state index is 0.0290. The Kier molecular flexibility index (Phi) is 7.26. The van der Waals surface area contributed by atoms with Crippen LogP contribution in [0.2, 0.25) is 0 Å². The number of carbonyl (C=O) groups excluding carboxylic acids is 3. The summed E-state index contributed by atoms with van der Waals surface area (Å²) in [6.07, 6.45) is 3.53. The lowest BCUT2D eigenvalue weighted by Gasteiger charge is -2.25. The van der Waals surface area contributed by atoms with Gasteiger partial charge < -0.3 is 30.0 Å². The highest BCUT2D eigenvalue weighted by Crippen LogP contribution is 2.51. The number of imidazole rings is 1. The Bertz CT molecular complexity index is 1790. The van der Waals surface area contributed by atoms with Gasteiger partial charge in [0.1, 0.15) is 6.04 Å². The number of amides is 3. The highest BCUT2D eigenvalue weighted by atomic mass is 32.1. The Morgan fingerprint density at radius 1 is 1.11 bits per heavy atom. The number of likely N-dealkylation sites (tertiary alicyclic amines) is 1. The number of aromatic nitrogens is 2. The third-order valence-corrected chi connectivity index (χ3v) is 9.62. The molecule has 1 spiro atoms. The molecule has 0 saturated carbocycles. The zero-order valence-corrected chi connectivity index (χ0v) is 25.0. The van der Waals surface area contributed by atoms with E-state index < -0.39 is 36.1 Å². The van der Waals surface area contributed by atoms with Crippen molar-refractivity contribution in [3.63, 3.8) is 0 Å². The van der Waals surface area contributed by atoms with Crippen molar-refractivity contribution in [2.75, 3.05) is 26.3 Å². The topological polar surface area (TPSA) is 126 Å². The Labute approximate surface area is 260 Å². The van der Waals surface area contributed by atoms with Gasteiger partial charge in [-0.15, -0.1) is 11.3 Å². The molecule has 3 N–H and O–H groups in total. The smallest absolute Gasteiger partial charge is 0.299 e. The van der Waals surface area contributed by atoms with Crippen molar-refractivity contribution in [3.05, 3.63) is 88.0 Å². The number of carbonyl (C=O) groups is 3. The average Bonchev–Trinajstić information content (AvgIpc) is 3.88. The molecule has 0 radical (unpaired) electrons. The van der Waals surface area contributed by atoms with Crippen LogP contribution < -0.4 is 10.6 Å². The number of H-pyrrole nitrogens is 1. The van der Waals surface area contributed by atoms with E-state index in [-0.39, 0.29) is 47.2 Å². The quantitative estimate of drug-likeness (QED) is 0.280. The molecule has 0 bridgehead atoms. The Morgan fingerprint density at radius 3 is 2.67 bits per heavy atom. The second-order valence-corrected chi connectivity index (χ2v) is 12.3. The van der Waals surface area contributed by atoms with Gasteiger partial charge in [0, 0.05) is 45.1 Å². The molecule has 2 aromatic heterocycles. The number of thiophene rings is 1. The number of halogens is 2. The molecule has 232 valence electrons. The zero-order chi connectivity index (χ0) is 31.3. The van der Waals surface area contributed by atoms with Crippen molar-refractivity contribution in [2.45, 2.75) is 37.1 Å². The third kappa shape index (κ3) is 5.20. The maximum Gasteiger partial charge on any atom is 0.299 e. The van der Waals surface area contributed by atoms with Crippen LogP contribution in [0.3, 0.4) is 0 Å². The number of benzene rings is 2. The van der Waals surface area contributed by atoms with E-state index in [1.165, 1.54) is 40.5 Å². The van der Waals surface area contributed by atoms with Gasteiger partial charge in [0.2, 0.25) is 11.8 Å². The Morgan fingerprint density at radius 2 is 1.89 bits per heavy atom. The van der Waals surface area contributed by atoms with Gasteiger partial charge in [0.05, 0.1) is 44.4 Å². The zero-order valence-electron chi connectivity index (χ0n) is 24.1. The number of fused-ring (bicyclic) bond motifs is 3. The molecule has 4 heterocycles. The lowest BCUT2D eigenvalue weighted by atomic mass is 10.0. The van der Waals surface area contributed by atoms with Crippen molar-refractivity contribution in [3.8, 4) is 22.4 Å². The number of rotatable bonds is 7. The molecule has 2 fully saturated rings. The normalized spacial score (nSPS) is 19.7. The summed E-state index contributed by atoms with van der Waals surface area (Å²) < 4.78 is 41.5. The van der Waals surface area contributed by atoms with E-state index in [1.54, 1.807) is 30.7 Å².